The van der Waals surface area contributed by atoms with Crippen LogP contribution in [0.1, 0.15) is 34.0 Å². The molecule has 2 nitrogen and oxygen atoms in total. The highest BCUT2D eigenvalue weighted by Gasteiger charge is 2.08. The van der Waals surface area contributed by atoms with Crippen molar-refractivity contribution in [2.45, 2.75) is 27.4 Å². The number of ether oxygens (including phenoxy) is 1. The summed E-state index contributed by atoms with van der Waals surface area (Å²) in [6.45, 7) is 6.08. The molecule has 0 bridgehead atoms. The predicted octanol–water partition coefficient (Wildman–Crippen LogP) is 4.09. The van der Waals surface area contributed by atoms with Gasteiger partial charge in [-0.2, -0.15) is 0 Å². The van der Waals surface area contributed by atoms with Crippen molar-refractivity contribution in [1.82, 2.24) is 0 Å². The van der Waals surface area contributed by atoms with Crippen LogP contribution in [-0.2, 0) is 6.61 Å². The van der Waals surface area contributed by atoms with Crippen LogP contribution in [0.2, 0.25) is 0 Å². The molecule has 0 heterocycles. The van der Waals surface area contributed by atoms with Crippen LogP contribution in [-0.4, -0.2) is 5.78 Å². The molecule has 0 radical (unpaired) electrons. The highest BCUT2D eigenvalue weighted by atomic mass is 16.5. The Balaban J connectivity index is 2.16. The Morgan fingerprint density at radius 1 is 1.00 bits per heavy atom. The van der Waals surface area contributed by atoms with Crippen molar-refractivity contribution < 1.29 is 9.53 Å². The van der Waals surface area contributed by atoms with Crippen LogP contribution in [0.5, 0.6) is 5.75 Å². The molecule has 0 aromatic heterocycles. The van der Waals surface area contributed by atoms with Crippen LogP contribution in [0.4, 0.5) is 0 Å². The molecule has 2 aromatic carbocycles. The highest BCUT2D eigenvalue weighted by molar-refractivity contribution is 5.96. The second-order valence-electron chi connectivity index (χ2n) is 4.83. The van der Waals surface area contributed by atoms with Gasteiger partial charge >= 0.3 is 0 Å². The van der Waals surface area contributed by atoms with Gasteiger partial charge in [0.05, 0.1) is 5.56 Å². The SMILES string of the molecule is CC(=O)c1ccc(C)cc1OCc1ccc(C)cc1. The lowest BCUT2D eigenvalue weighted by Crippen LogP contribution is -2.02. The third-order valence-electron chi connectivity index (χ3n) is 3.03. The molecule has 0 unspecified atom stereocenters. The van der Waals surface area contributed by atoms with E-state index in [0.29, 0.717) is 17.9 Å². The molecule has 0 amide bonds. The molecular weight excluding hydrogens is 236 g/mol. The lowest BCUT2D eigenvalue weighted by molar-refractivity contribution is 0.101. The summed E-state index contributed by atoms with van der Waals surface area (Å²) in [5.74, 6) is 0.687. The maximum absolute atomic E-state index is 11.6. The molecule has 2 aromatic rings. The Kier molecular flexibility index (Phi) is 4.00. The summed E-state index contributed by atoms with van der Waals surface area (Å²) in [6.07, 6.45) is 0. The van der Waals surface area contributed by atoms with Crippen molar-refractivity contribution >= 4 is 5.78 Å². The van der Waals surface area contributed by atoms with E-state index in [2.05, 4.69) is 19.1 Å². The van der Waals surface area contributed by atoms with Gasteiger partial charge in [-0.1, -0.05) is 35.9 Å². The number of aryl methyl sites for hydroxylation is 2. The number of rotatable bonds is 4. The molecule has 0 aliphatic heterocycles. The van der Waals surface area contributed by atoms with Crippen molar-refractivity contribution in [3.8, 4) is 5.75 Å². The standard InChI is InChI=1S/C17H18O2/c1-12-4-7-15(8-5-12)11-19-17-10-13(2)6-9-16(17)14(3)18/h4-10H,11H2,1-3H3. The summed E-state index contributed by atoms with van der Waals surface area (Å²) in [5.41, 5.74) is 4.05. The number of ketones is 1. The highest BCUT2D eigenvalue weighted by Crippen LogP contribution is 2.22. The van der Waals surface area contributed by atoms with Crippen LogP contribution < -0.4 is 4.74 Å². The summed E-state index contributed by atoms with van der Waals surface area (Å²) >= 11 is 0. The van der Waals surface area contributed by atoms with E-state index < -0.39 is 0 Å². The van der Waals surface area contributed by atoms with Gasteiger partial charge in [0.25, 0.3) is 0 Å². The van der Waals surface area contributed by atoms with Crippen LogP contribution in [0.15, 0.2) is 42.5 Å². The second-order valence-corrected chi connectivity index (χ2v) is 4.83. The van der Waals surface area contributed by atoms with E-state index in [-0.39, 0.29) is 5.78 Å². The molecule has 0 atom stereocenters. The molecule has 0 fully saturated rings. The number of hydrogen-bond acceptors (Lipinski definition) is 2. The topological polar surface area (TPSA) is 26.3 Å². The fraction of sp³-hybridized carbons (Fsp3) is 0.235. The fourth-order valence-electron chi connectivity index (χ4n) is 1.89. The zero-order valence-electron chi connectivity index (χ0n) is 11.6. The lowest BCUT2D eigenvalue weighted by atomic mass is 10.1. The first-order chi connectivity index (χ1) is 9.06. The maximum Gasteiger partial charge on any atom is 0.163 e. The van der Waals surface area contributed by atoms with Crippen molar-refractivity contribution in [2.75, 3.05) is 0 Å². The summed E-state index contributed by atoms with van der Waals surface area (Å²) < 4.78 is 5.78. The van der Waals surface area contributed by atoms with E-state index in [9.17, 15) is 4.79 Å². The van der Waals surface area contributed by atoms with Gasteiger partial charge in [0.15, 0.2) is 5.78 Å². The Morgan fingerprint density at radius 2 is 1.63 bits per heavy atom. The number of carbonyl (C=O) groups is 1. The molecule has 2 heteroatoms. The normalized spacial score (nSPS) is 10.3. The molecule has 0 saturated heterocycles. The van der Waals surface area contributed by atoms with E-state index in [0.717, 1.165) is 11.1 Å². The van der Waals surface area contributed by atoms with Gasteiger partial charge in [-0.3, -0.25) is 4.79 Å². The lowest BCUT2D eigenvalue weighted by Gasteiger charge is -2.11. The van der Waals surface area contributed by atoms with Gasteiger partial charge in [-0.25, -0.2) is 0 Å². The summed E-state index contributed by atoms with van der Waals surface area (Å²) in [7, 11) is 0. The predicted molar refractivity (Wildman–Crippen MR) is 76.7 cm³/mol. The van der Waals surface area contributed by atoms with Gasteiger partial charge in [0.2, 0.25) is 0 Å². The van der Waals surface area contributed by atoms with Gasteiger partial charge in [0.1, 0.15) is 12.4 Å². The van der Waals surface area contributed by atoms with E-state index in [1.807, 2.05) is 37.3 Å². The zero-order valence-corrected chi connectivity index (χ0v) is 11.6. The summed E-state index contributed by atoms with van der Waals surface area (Å²) in [4.78, 5) is 11.6. The van der Waals surface area contributed by atoms with E-state index in [1.54, 1.807) is 6.92 Å². The summed E-state index contributed by atoms with van der Waals surface area (Å²) in [5, 5.41) is 0. The minimum Gasteiger partial charge on any atom is -0.488 e. The first-order valence-corrected chi connectivity index (χ1v) is 6.36. The molecule has 0 spiro atoms. The Morgan fingerprint density at radius 3 is 2.26 bits per heavy atom. The van der Waals surface area contributed by atoms with Gasteiger partial charge < -0.3 is 4.74 Å². The Hall–Kier alpha value is -2.09. The number of Topliss-reactive ketones (excluding diaryl/α,β-unsaturated/α-hetero) is 1. The quantitative estimate of drug-likeness (QED) is 0.768. The maximum atomic E-state index is 11.6. The third kappa shape index (κ3) is 3.44. The van der Waals surface area contributed by atoms with Crippen LogP contribution in [0.25, 0.3) is 0 Å². The summed E-state index contributed by atoms with van der Waals surface area (Å²) in [6, 6.07) is 13.8. The first kappa shape index (κ1) is 13.3. The van der Waals surface area contributed by atoms with Gasteiger partial charge in [0, 0.05) is 0 Å². The van der Waals surface area contributed by atoms with Crippen molar-refractivity contribution in [2.24, 2.45) is 0 Å². The van der Waals surface area contributed by atoms with E-state index in [1.165, 1.54) is 5.56 Å². The minimum absolute atomic E-state index is 0.0268. The molecule has 0 aliphatic rings. The third-order valence-corrected chi connectivity index (χ3v) is 3.03. The van der Waals surface area contributed by atoms with E-state index >= 15 is 0 Å². The fourth-order valence-corrected chi connectivity index (χ4v) is 1.89. The van der Waals surface area contributed by atoms with Crippen LogP contribution in [0.3, 0.4) is 0 Å². The molecule has 0 N–H and O–H groups in total. The molecule has 19 heavy (non-hydrogen) atoms. The van der Waals surface area contributed by atoms with Crippen molar-refractivity contribution in [1.29, 1.82) is 0 Å². The van der Waals surface area contributed by atoms with E-state index in [4.69, 9.17) is 4.74 Å². The average Bonchev–Trinajstić information content (AvgIpc) is 2.38. The van der Waals surface area contributed by atoms with Crippen LogP contribution >= 0.6 is 0 Å². The van der Waals surface area contributed by atoms with Crippen LogP contribution in [0, 0.1) is 13.8 Å². The van der Waals surface area contributed by atoms with Gasteiger partial charge in [-0.15, -0.1) is 0 Å². The van der Waals surface area contributed by atoms with Crippen molar-refractivity contribution in [3.63, 3.8) is 0 Å². The molecule has 0 aliphatic carbocycles. The van der Waals surface area contributed by atoms with Gasteiger partial charge in [-0.05, 0) is 44.0 Å². The average molecular weight is 254 g/mol. The van der Waals surface area contributed by atoms with Crippen molar-refractivity contribution in [3.05, 3.63) is 64.7 Å². The molecule has 2 rings (SSSR count). The zero-order chi connectivity index (χ0) is 13.8. The largest absolute Gasteiger partial charge is 0.488 e. The second kappa shape index (κ2) is 5.70. The Bertz CT molecular complexity index is 583. The number of benzene rings is 2. The smallest absolute Gasteiger partial charge is 0.163 e. The molecule has 98 valence electrons. The monoisotopic (exact) mass is 254 g/mol. The molecule has 0 saturated carbocycles. The first-order valence-electron chi connectivity index (χ1n) is 6.36. The number of carbonyl (C=O) groups excluding carboxylic acids is 1. The molecular formula is C17H18O2. The minimum atomic E-state index is 0.0268. The Labute approximate surface area is 114 Å². The number of hydrogen-bond donors (Lipinski definition) is 0.